The number of furan rings is 1. The van der Waals surface area contributed by atoms with Crippen molar-refractivity contribution in [3.8, 4) is 0 Å². The third-order valence-corrected chi connectivity index (χ3v) is 5.18. The summed E-state index contributed by atoms with van der Waals surface area (Å²) >= 11 is 0. The molecule has 4 heterocycles. The van der Waals surface area contributed by atoms with E-state index in [1.165, 1.54) is 6.26 Å². The molecular weight excluding hydrogens is 378 g/mol. The topological polar surface area (TPSA) is 105 Å². The number of hydrogen-bond donors (Lipinski definition) is 0. The largest absolute Gasteiger partial charge is 0.459 e. The van der Waals surface area contributed by atoms with Gasteiger partial charge in [0.1, 0.15) is 0 Å². The van der Waals surface area contributed by atoms with Gasteiger partial charge in [-0.2, -0.15) is 4.98 Å². The number of aromatic nitrogens is 2. The predicted molar refractivity (Wildman–Crippen MR) is 99.9 cm³/mol. The van der Waals surface area contributed by atoms with E-state index in [2.05, 4.69) is 15.0 Å². The van der Waals surface area contributed by atoms with E-state index < -0.39 is 0 Å². The Hall–Kier alpha value is -2.72. The summed E-state index contributed by atoms with van der Waals surface area (Å²) in [5.41, 5.74) is 0. The minimum Gasteiger partial charge on any atom is -0.459 e. The van der Waals surface area contributed by atoms with Gasteiger partial charge in [-0.3, -0.25) is 14.5 Å². The van der Waals surface area contributed by atoms with Crippen LogP contribution in [-0.4, -0.2) is 89.1 Å². The molecule has 156 valence electrons. The van der Waals surface area contributed by atoms with Gasteiger partial charge in [-0.05, 0) is 12.1 Å². The molecule has 4 rings (SSSR count). The average molecular weight is 403 g/mol. The zero-order valence-electron chi connectivity index (χ0n) is 16.3. The third kappa shape index (κ3) is 5.01. The van der Waals surface area contributed by atoms with Gasteiger partial charge in [0.05, 0.1) is 26.0 Å². The first-order valence-electron chi connectivity index (χ1n) is 9.91. The zero-order chi connectivity index (χ0) is 20.1. The summed E-state index contributed by atoms with van der Waals surface area (Å²) in [6.45, 7) is 5.73. The summed E-state index contributed by atoms with van der Waals surface area (Å²) < 4.78 is 15.7. The Kier molecular flexibility index (Phi) is 6.20. The van der Waals surface area contributed by atoms with Gasteiger partial charge < -0.3 is 23.5 Å². The second-order valence-electron chi connectivity index (χ2n) is 7.14. The lowest BCUT2D eigenvalue weighted by molar-refractivity contribution is -0.135. The zero-order valence-corrected chi connectivity index (χ0v) is 16.3. The van der Waals surface area contributed by atoms with Crippen molar-refractivity contribution in [2.75, 3.05) is 52.5 Å². The SMILES string of the molecule is O=C(CCc1nc(CN2CCN(C(=O)c3ccco3)CC2)no1)N1CCOCC1. The lowest BCUT2D eigenvalue weighted by atomic mass is 10.2. The van der Waals surface area contributed by atoms with Gasteiger partial charge in [0.15, 0.2) is 11.6 Å². The molecule has 10 nitrogen and oxygen atoms in total. The molecule has 2 aliphatic rings. The van der Waals surface area contributed by atoms with Gasteiger partial charge in [-0.15, -0.1) is 0 Å². The molecule has 0 N–H and O–H groups in total. The second-order valence-corrected chi connectivity index (χ2v) is 7.14. The van der Waals surface area contributed by atoms with Crippen LogP contribution >= 0.6 is 0 Å². The van der Waals surface area contributed by atoms with E-state index in [-0.39, 0.29) is 11.8 Å². The normalized spacial score (nSPS) is 18.2. The summed E-state index contributed by atoms with van der Waals surface area (Å²) in [4.78, 5) is 34.7. The Morgan fingerprint density at radius 3 is 2.55 bits per heavy atom. The monoisotopic (exact) mass is 403 g/mol. The number of aryl methyl sites for hydroxylation is 1. The van der Waals surface area contributed by atoms with Crippen molar-refractivity contribution in [1.82, 2.24) is 24.8 Å². The summed E-state index contributed by atoms with van der Waals surface area (Å²) in [6.07, 6.45) is 2.30. The Bertz CT molecular complexity index is 807. The highest BCUT2D eigenvalue weighted by molar-refractivity contribution is 5.91. The van der Waals surface area contributed by atoms with Crippen LogP contribution in [0.5, 0.6) is 0 Å². The van der Waals surface area contributed by atoms with Gasteiger partial charge in [-0.25, -0.2) is 0 Å². The summed E-state index contributed by atoms with van der Waals surface area (Å²) in [5, 5.41) is 4.03. The first kappa shape index (κ1) is 19.6. The highest BCUT2D eigenvalue weighted by Gasteiger charge is 2.24. The fraction of sp³-hybridized carbons (Fsp3) is 0.579. The van der Waals surface area contributed by atoms with Crippen LogP contribution in [0.3, 0.4) is 0 Å². The van der Waals surface area contributed by atoms with Crippen molar-refractivity contribution in [2.24, 2.45) is 0 Å². The molecule has 0 aromatic carbocycles. The lowest BCUT2D eigenvalue weighted by Gasteiger charge is -2.33. The van der Waals surface area contributed by atoms with Crippen LogP contribution in [0.4, 0.5) is 0 Å². The van der Waals surface area contributed by atoms with Crippen molar-refractivity contribution in [2.45, 2.75) is 19.4 Å². The molecule has 29 heavy (non-hydrogen) atoms. The Labute approximate surface area is 168 Å². The van der Waals surface area contributed by atoms with Crippen LogP contribution in [0.15, 0.2) is 27.3 Å². The molecule has 2 fully saturated rings. The number of hydrogen-bond acceptors (Lipinski definition) is 8. The number of amides is 2. The van der Waals surface area contributed by atoms with Crippen molar-refractivity contribution >= 4 is 11.8 Å². The van der Waals surface area contributed by atoms with Crippen LogP contribution in [0.1, 0.15) is 28.7 Å². The van der Waals surface area contributed by atoms with Gasteiger partial charge in [0.2, 0.25) is 11.8 Å². The molecular formula is C19H25N5O5. The molecule has 0 atom stereocenters. The number of nitrogens with zero attached hydrogens (tertiary/aromatic N) is 5. The van der Waals surface area contributed by atoms with Crippen molar-refractivity contribution < 1.29 is 23.3 Å². The highest BCUT2D eigenvalue weighted by atomic mass is 16.5. The first-order valence-corrected chi connectivity index (χ1v) is 9.91. The number of rotatable bonds is 6. The smallest absolute Gasteiger partial charge is 0.289 e. The van der Waals surface area contributed by atoms with E-state index in [9.17, 15) is 9.59 Å². The van der Waals surface area contributed by atoms with Gasteiger partial charge in [0.25, 0.3) is 5.91 Å². The van der Waals surface area contributed by atoms with E-state index in [1.807, 2.05) is 4.90 Å². The molecule has 2 amide bonds. The van der Waals surface area contributed by atoms with Gasteiger partial charge in [-0.1, -0.05) is 5.16 Å². The maximum Gasteiger partial charge on any atom is 0.289 e. The summed E-state index contributed by atoms with van der Waals surface area (Å²) in [6, 6.07) is 3.39. The molecule has 0 spiro atoms. The Balaban J connectivity index is 1.20. The van der Waals surface area contributed by atoms with E-state index in [0.717, 1.165) is 13.1 Å². The van der Waals surface area contributed by atoms with Crippen molar-refractivity contribution in [3.63, 3.8) is 0 Å². The van der Waals surface area contributed by atoms with Crippen LogP contribution < -0.4 is 0 Å². The van der Waals surface area contributed by atoms with Gasteiger partial charge in [0, 0.05) is 52.1 Å². The maximum absolute atomic E-state index is 12.3. The molecule has 0 aliphatic carbocycles. The predicted octanol–water partition coefficient (Wildman–Crippen LogP) is 0.412. The highest BCUT2D eigenvalue weighted by Crippen LogP contribution is 2.12. The second kappa shape index (κ2) is 9.19. The first-order chi connectivity index (χ1) is 14.2. The van der Waals surface area contributed by atoms with Crippen LogP contribution in [0.2, 0.25) is 0 Å². The van der Waals surface area contributed by atoms with Crippen molar-refractivity contribution in [1.29, 1.82) is 0 Å². The summed E-state index contributed by atoms with van der Waals surface area (Å²) in [7, 11) is 0. The molecule has 0 radical (unpaired) electrons. The number of carbonyl (C=O) groups excluding carboxylic acids is 2. The Morgan fingerprint density at radius 2 is 1.83 bits per heavy atom. The molecule has 0 saturated carbocycles. The number of carbonyl (C=O) groups is 2. The van der Waals surface area contributed by atoms with Crippen LogP contribution in [-0.2, 0) is 22.5 Å². The van der Waals surface area contributed by atoms with E-state index in [1.54, 1.807) is 17.0 Å². The van der Waals surface area contributed by atoms with Gasteiger partial charge >= 0.3 is 0 Å². The third-order valence-electron chi connectivity index (χ3n) is 5.18. The molecule has 0 unspecified atom stereocenters. The number of morpholine rings is 1. The Morgan fingerprint density at radius 1 is 1.03 bits per heavy atom. The fourth-order valence-electron chi connectivity index (χ4n) is 3.51. The molecule has 2 aromatic heterocycles. The summed E-state index contributed by atoms with van der Waals surface area (Å²) in [5.74, 6) is 1.46. The molecule has 0 bridgehead atoms. The quantitative estimate of drug-likeness (QED) is 0.683. The minimum absolute atomic E-state index is 0.0820. The molecule has 2 saturated heterocycles. The molecule has 2 aromatic rings. The molecule has 10 heteroatoms. The molecule has 2 aliphatic heterocycles. The average Bonchev–Trinajstić information content (AvgIpc) is 3.45. The fourth-order valence-corrected chi connectivity index (χ4v) is 3.51. The minimum atomic E-state index is -0.0820. The number of ether oxygens (including phenoxy) is 1. The van der Waals surface area contributed by atoms with Crippen LogP contribution in [0, 0.1) is 0 Å². The van der Waals surface area contributed by atoms with E-state index in [4.69, 9.17) is 13.7 Å². The van der Waals surface area contributed by atoms with E-state index in [0.29, 0.717) is 76.3 Å². The van der Waals surface area contributed by atoms with E-state index >= 15 is 0 Å². The van der Waals surface area contributed by atoms with Crippen LogP contribution in [0.25, 0.3) is 0 Å². The van der Waals surface area contributed by atoms with Crippen molar-refractivity contribution in [3.05, 3.63) is 35.9 Å². The number of piperazine rings is 1. The lowest BCUT2D eigenvalue weighted by Crippen LogP contribution is -2.48. The maximum atomic E-state index is 12.3. The standard InChI is InChI=1S/C19H25N5O5/c25-18(23-9-12-27-13-10-23)4-3-17-20-16(21-29-17)14-22-5-7-24(8-6-22)19(26)15-2-1-11-28-15/h1-2,11H,3-10,12-14H2.